The van der Waals surface area contributed by atoms with Crippen molar-refractivity contribution < 1.29 is 8.42 Å². The fourth-order valence-corrected chi connectivity index (χ4v) is 3.50. The number of fused-ring (bicyclic) bond motifs is 1. The van der Waals surface area contributed by atoms with Crippen LogP contribution in [0.15, 0.2) is 30.7 Å². The average Bonchev–Trinajstić information content (AvgIpc) is 3.07. The summed E-state index contributed by atoms with van der Waals surface area (Å²) in [6, 6.07) is 5.85. The Morgan fingerprint density at radius 1 is 1.32 bits per heavy atom. The lowest BCUT2D eigenvalue weighted by Crippen LogP contribution is -2.27. The number of hydrogen-bond donors (Lipinski definition) is 0. The molecule has 0 amide bonds. The van der Waals surface area contributed by atoms with E-state index in [1.165, 1.54) is 32.2 Å². The van der Waals surface area contributed by atoms with Crippen LogP contribution in [0.1, 0.15) is 23.2 Å². The molecule has 2 aromatic rings. The molecule has 1 heterocycles. The summed E-state index contributed by atoms with van der Waals surface area (Å²) in [6.07, 6.45) is 6.62. The number of nitrogens with zero attached hydrogens (tertiary/aromatic N) is 3. The van der Waals surface area contributed by atoms with Crippen LogP contribution in [0.2, 0.25) is 5.02 Å². The molecule has 0 bridgehead atoms. The van der Waals surface area contributed by atoms with Gasteiger partial charge < -0.3 is 0 Å². The lowest BCUT2D eigenvalue weighted by atomic mass is 10.1. The molecule has 0 atom stereocenters. The van der Waals surface area contributed by atoms with Crippen LogP contribution in [-0.2, 0) is 16.6 Å². The van der Waals surface area contributed by atoms with Crippen molar-refractivity contribution in [1.82, 2.24) is 13.3 Å². The normalized spacial score (nSPS) is 16.5. The number of imidazole rings is 1. The van der Waals surface area contributed by atoms with Crippen molar-refractivity contribution in [3.05, 3.63) is 52.6 Å². The zero-order valence-electron chi connectivity index (χ0n) is 12.3. The molecule has 0 saturated carbocycles. The van der Waals surface area contributed by atoms with Crippen LogP contribution < -0.4 is 0 Å². The highest BCUT2D eigenvalue weighted by Crippen LogP contribution is 2.34. The number of benzene rings is 1. The van der Waals surface area contributed by atoms with E-state index in [2.05, 4.69) is 4.98 Å². The van der Waals surface area contributed by atoms with Gasteiger partial charge in [0.05, 0.1) is 5.69 Å². The molecule has 1 aliphatic carbocycles. The number of rotatable bonds is 3. The minimum absolute atomic E-state index is 0.628. The van der Waals surface area contributed by atoms with Crippen LogP contribution >= 0.6 is 11.6 Å². The van der Waals surface area contributed by atoms with Crippen molar-refractivity contribution in [3.63, 3.8) is 0 Å². The molecule has 0 aliphatic heterocycles. The summed E-state index contributed by atoms with van der Waals surface area (Å²) in [5.41, 5.74) is 4.16. The van der Waals surface area contributed by atoms with Crippen molar-refractivity contribution in [2.75, 3.05) is 14.1 Å². The maximum Gasteiger partial charge on any atom is 0.308 e. The first-order chi connectivity index (χ1) is 10.4. The number of hydrogen-bond acceptors (Lipinski definition) is 3. The highest BCUT2D eigenvalue weighted by molar-refractivity contribution is 7.87. The highest BCUT2D eigenvalue weighted by atomic mass is 35.5. The Bertz CT molecular complexity index is 853. The highest BCUT2D eigenvalue weighted by Gasteiger charge is 2.19. The van der Waals surface area contributed by atoms with Gasteiger partial charge in [0.15, 0.2) is 0 Å². The molecule has 0 spiro atoms. The average molecular weight is 338 g/mol. The standard InChI is InChI=1S/C15H16ClN3O2S/c1-18(2)22(20,21)19-9-14(17-10-19)8-12-4-3-11-7-13(16)5-6-15(11)12/h5-10H,3-4H2,1-2H3/b12-8-. The topological polar surface area (TPSA) is 55.2 Å². The third kappa shape index (κ3) is 2.69. The van der Waals surface area contributed by atoms with Gasteiger partial charge in [-0.15, -0.1) is 0 Å². The number of halogens is 1. The molecule has 3 rings (SSSR count). The van der Waals surface area contributed by atoms with Crippen LogP contribution in [0.5, 0.6) is 0 Å². The zero-order chi connectivity index (χ0) is 15.9. The second kappa shape index (κ2) is 5.53. The van der Waals surface area contributed by atoms with Crippen molar-refractivity contribution in [2.45, 2.75) is 12.8 Å². The predicted octanol–water partition coefficient (Wildman–Crippen LogP) is 2.68. The lowest BCUT2D eigenvalue weighted by Gasteiger charge is -2.10. The molecule has 7 heteroatoms. The Kier molecular flexibility index (Phi) is 3.84. The molecular weight excluding hydrogens is 322 g/mol. The van der Waals surface area contributed by atoms with Crippen LogP contribution in [0, 0.1) is 0 Å². The SMILES string of the molecule is CN(C)S(=O)(=O)n1cnc(/C=C2/CCc3cc(Cl)ccc32)c1. The Morgan fingerprint density at radius 3 is 2.82 bits per heavy atom. The number of allylic oxidation sites excluding steroid dienone is 1. The quantitative estimate of drug-likeness (QED) is 0.865. The number of aryl methyl sites for hydroxylation is 1. The molecule has 1 aliphatic rings. The summed E-state index contributed by atoms with van der Waals surface area (Å²) in [7, 11) is -0.534. The summed E-state index contributed by atoms with van der Waals surface area (Å²) in [6.45, 7) is 0. The molecule has 0 unspecified atom stereocenters. The van der Waals surface area contributed by atoms with E-state index in [1.807, 2.05) is 24.3 Å². The van der Waals surface area contributed by atoms with Gasteiger partial charge in [-0.25, -0.2) is 8.96 Å². The number of aromatic nitrogens is 2. The van der Waals surface area contributed by atoms with Crippen LogP contribution in [0.25, 0.3) is 11.6 Å². The molecule has 0 saturated heterocycles. The fraction of sp³-hybridized carbons (Fsp3) is 0.267. The Balaban J connectivity index is 1.94. The van der Waals surface area contributed by atoms with Gasteiger partial charge in [0, 0.05) is 25.3 Å². The summed E-state index contributed by atoms with van der Waals surface area (Å²) >= 11 is 6.01. The largest absolute Gasteiger partial charge is 0.308 e. The van der Waals surface area contributed by atoms with E-state index in [0.717, 1.165) is 37.3 Å². The summed E-state index contributed by atoms with van der Waals surface area (Å²) in [5, 5.41) is 0.737. The fourth-order valence-electron chi connectivity index (χ4n) is 2.52. The molecule has 1 aromatic heterocycles. The zero-order valence-corrected chi connectivity index (χ0v) is 13.9. The molecule has 0 N–H and O–H groups in total. The van der Waals surface area contributed by atoms with E-state index in [0.29, 0.717) is 5.69 Å². The van der Waals surface area contributed by atoms with Gasteiger partial charge in [-0.05, 0) is 47.8 Å². The maximum absolute atomic E-state index is 12.0. The van der Waals surface area contributed by atoms with E-state index in [-0.39, 0.29) is 0 Å². The van der Waals surface area contributed by atoms with Gasteiger partial charge in [0.1, 0.15) is 6.33 Å². The first-order valence-corrected chi connectivity index (χ1v) is 8.62. The molecule has 1 aromatic carbocycles. The van der Waals surface area contributed by atoms with Gasteiger partial charge in [-0.2, -0.15) is 12.7 Å². The third-order valence-corrected chi connectivity index (χ3v) is 5.60. The van der Waals surface area contributed by atoms with E-state index >= 15 is 0 Å². The molecule has 0 fully saturated rings. The van der Waals surface area contributed by atoms with Gasteiger partial charge in [0.25, 0.3) is 0 Å². The third-order valence-electron chi connectivity index (χ3n) is 3.71. The second-order valence-corrected chi connectivity index (χ2v) is 7.87. The molecule has 0 radical (unpaired) electrons. The minimum Gasteiger partial charge on any atom is -0.236 e. The molecule has 116 valence electrons. The summed E-state index contributed by atoms with van der Waals surface area (Å²) in [4.78, 5) is 4.17. The Labute approximate surface area is 135 Å². The van der Waals surface area contributed by atoms with E-state index in [4.69, 9.17) is 11.6 Å². The van der Waals surface area contributed by atoms with Gasteiger partial charge in [-0.3, -0.25) is 0 Å². The van der Waals surface area contributed by atoms with Gasteiger partial charge >= 0.3 is 10.2 Å². The van der Waals surface area contributed by atoms with Crippen molar-refractivity contribution in [2.24, 2.45) is 0 Å². The first-order valence-electron chi connectivity index (χ1n) is 6.84. The second-order valence-electron chi connectivity index (χ2n) is 5.39. The van der Waals surface area contributed by atoms with Gasteiger partial charge in [-0.1, -0.05) is 17.7 Å². The van der Waals surface area contributed by atoms with Crippen LogP contribution in [-0.4, -0.2) is 35.8 Å². The van der Waals surface area contributed by atoms with Crippen LogP contribution in [0.4, 0.5) is 0 Å². The summed E-state index contributed by atoms with van der Waals surface area (Å²) < 4.78 is 26.3. The molecule has 22 heavy (non-hydrogen) atoms. The van der Waals surface area contributed by atoms with Gasteiger partial charge in [0.2, 0.25) is 0 Å². The first kappa shape index (κ1) is 15.3. The van der Waals surface area contributed by atoms with Crippen LogP contribution in [0.3, 0.4) is 0 Å². The Morgan fingerprint density at radius 2 is 2.09 bits per heavy atom. The molecular formula is C15H16ClN3O2S. The van der Waals surface area contributed by atoms with Crippen molar-refractivity contribution >= 4 is 33.5 Å². The smallest absolute Gasteiger partial charge is 0.236 e. The summed E-state index contributed by atoms with van der Waals surface area (Å²) in [5.74, 6) is 0. The maximum atomic E-state index is 12.0. The van der Waals surface area contributed by atoms with E-state index < -0.39 is 10.2 Å². The monoisotopic (exact) mass is 337 g/mol. The van der Waals surface area contributed by atoms with E-state index in [1.54, 1.807) is 0 Å². The predicted molar refractivity (Wildman–Crippen MR) is 87.9 cm³/mol. The van der Waals surface area contributed by atoms with Crippen molar-refractivity contribution in [3.8, 4) is 0 Å². The lowest BCUT2D eigenvalue weighted by molar-refractivity contribution is 0.510. The van der Waals surface area contributed by atoms with Crippen molar-refractivity contribution in [1.29, 1.82) is 0 Å². The van der Waals surface area contributed by atoms with E-state index in [9.17, 15) is 8.42 Å². The Hall–Kier alpha value is -1.63. The minimum atomic E-state index is -3.52. The molecule has 5 nitrogen and oxygen atoms in total.